The van der Waals surface area contributed by atoms with Crippen LogP contribution in [0.5, 0.6) is 0 Å². The molecule has 0 radical (unpaired) electrons. The zero-order valence-electron chi connectivity index (χ0n) is 11.8. The van der Waals surface area contributed by atoms with Gasteiger partial charge in [-0.1, -0.05) is 0 Å². The summed E-state index contributed by atoms with van der Waals surface area (Å²) in [5.74, 6) is 0. The van der Waals surface area contributed by atoms with Crippen molar-refractivity contribution in [3.8, 4) is 0 Å². The van der Waals surface area contributed by atoms with Gasteiger partial charge in [-0.15, -0.1) is 0 Å². The highest BCUT2D eigenvalue weighted by Gasteiger charge is 2.23. The van der Waals surface area contributed by atoms with Gasteiger partial charge in [-0.25, -0.2) is 0 Å². The number of pyridine rings is 1. The number of likely N-dealkylation sites (tertiary alicyclic amines) is 1. The normalized spacial score (nSPS) is 24.9. The van der Waals surface area contributed by atoms with Crippen molar-refractivity contribution in [2.75, 3.05) is 37.9 Å². The lowest BCUT2D eigenvalue weighted by atomic mass is 9.98. The topological polar surface area (TPSA) is 31.4 Å². The van der Waals surface area contributed by atoms with Gasteiger partial charge in [-0.3, -0.25) is 4.98 Å². The molecule has 1 fully saturated rings. The summed E-state index contributed by atoms with van der Waals surface area (Å²) < 4.78 is 0. The predicted octanol–water partition coefficient (Wildman–Crippen LogP) is 2.04. The third kappa shape index (κ3) is 2.93. The summed E-state index contributed by atoms with van der Waals surface area (Å²) in [6.07, 6.45) is 6.16. The second kappa shape index (κ2) is 5.57. The first-order valence-electron chi connectivity index (χ1n) is 6.66. The molecule has 18 heavy (non-hydrogen) atoms. The molecule has 1 aromatic heterocycles. The Bertz CT molecular complexity index is 391. The summed E-state index contributed by atoms with van der Waals surface area (Å²) in [5.41, 5.74) is 2.35. The molecule has 2 unspecified atom stereocenters. The fourth-order valence-electron chi connectivity index (χ4n) is 2.53. The summed E-state index contributed by atoms with van der Waals surface area (Å²) >= 11 is 0. The van der Waals surface area contributed by atoms with Crippen molar-refractivity contribution >= 4 is 11.4 Å². The van der Waals surface area contributed by atoms with Crippen LogP contribution in [0, 0.1) is 0 Å². The van der Waals surface area contributed by atoms with Crippen LogP contribution in [0.2, 0.25) is 0 Å². The fraction of sp³-hybridized carbons (Fsp3) is 0.643. The molecule has 4 heteroatoms. The lowest BCUT2D eigenvalue weighted by molar-refractivity contribution is 0.190. The molecular weight excluding hydrogens is 224 g/mol. The standard InChI is InChI=1S/C14H24N4/c1-11-9-12(6-8-18(11)4)16-13-10-15-7-5-14(13)17(2)3/h5,7,10-12,16H,6,8-9H2,1-4H3. The fourth-order valence-corrected chi connectivity index (χ4v) is 2.53. The lowest BCUT2D eigenvalue weighted by Gasteiger charge is -2.36. The molecule has 0 saturated carbocycles. The Hall–Kier alpha value is -1.29. The van der Waals surface area contributed by atoms with Gasteiger partial charge in [0, 0.05) is 38.9 Å². The molecule has 2 rings (SSSR count). The van der Waals surface area contributed by atoms with E-state index in [2.05, 4.69) is 54.2 Å². The van der Waals surface area contributed by atoms with Crippen LogP contribution < -0.4 is 10.2 Å². The highest BCUT2D eigenvalue weighted by Crippen LogP contribution is 2.26. The average molecular weight is 248 g/mol. The molecule has 100 valence electrons. The first-order valence-corrected chi connectivity index (χ1v) is 6.66. The Morgan fingerprint density at radius 1 is 1.44 bits per heavy atom. The molecule has 1 N–H and O–H groups in total. The molecule has 2 atom stereocenters. The van der Waals surface area contributed by atoms with E-state index in [1.54, 1.807) is 0 Å². The molecular formula is C14H24N4. The van der Waals surface area contributed by atoms with E-state index < -0.39 is 0 Å². The maximum absolute atomic E-state index is 4.23. The van der Waals surface area contributed by atoms with E-state index >= 15 is 0 Å². The van der Waals surface area contributed by atoms with E-state index in [1.807, 2.05) is 12.4 Å². The van der Waals surface area contributed by atoms with E-state index in [9.17, 15) is 0 Å². The SMILES string of the molecule is CC1CC(Nc2cnccc2N(C)C)CCN1C. The van der Waals surface area contributed by atoms with Gasteiger partial charge in [-0.2, -0.15) is 0 Å². The second-order valence-electron chi connectivity index (χ2n) is 5.48. The maximum atomic E-state index is 4.23. The van der Waals surface area contributed by atoms with Crippen molar-refractivity contribution < 1.29 is 0 Å². The molecule has 2 heterocycles. The smallest absolute Gasteiger partial charge is 0.0766 e. The van der Waals surface area contributed by atoms with Crippen molar-refractivity contribution in [1.82, 2.24) is 9.88 Å². The van der Waals surface area contributed by atoms with Crippen LogP contribution in [0.15, 0.2) is 18.5 Å². The van der Waals surface area contributed by atoms with E-state index in [1.165, 1.54) is 18.5 Å². The minimum absolute atomic E-state index is 0.555. The molecule has 1 aliphatic heterocycles. The average Bonchev–Trinajstić information content (AvgIpc) is 2.34. The van der Waals surface area contributed by atoms with Crippen LogP contribution in [0.25, 0.3) is 0 Å². The Balaban J connectivity index is 2.06. The third-order valence-electron chi connectivity index (χ3n) is 3.85. The summed E-state index contributed by atoms with van der Waals surface area (Å²) in [6, 6.07) is 3.26. The summed E-state index contributed by atoms with van der Waals surface area (Å²) in [4.78, 5) is 8.78. The molecule has 0 aromatic carbocycles. The third-order valence-corrected chi connectivity index (χ3v) is 3.85. The first kappa shape index (κ1) is 13.1. The van der Waals surface area contributed by atoms with Gasteiger partial charge in [0.2, 0.25) is 0 Å². The van der Waals surface area contributed by atoms with Crippen molar-refractivity contribution in [2.45, 2.75) is 31.8 Å². The Kier molecular flexibility index (Phi) is 4.07. The number of nitrogens with zero attached hydrogens (tertiary/aromatic N) is 3. The molecule has 0 amide bonds. The molecule has 0 spiro atoms. The first-order chi connectivity index (χ1) is 8.58. The molecule has 1 saturated heterocycles. The quantitative estimate of drug-likeness (QED) is 0.887. The van der Waals surface area contributed by atoms with Gasteiger partial charge in [0.1, 0.15) is 0 Å². The van der Waals surface area contributed by atoms with Crippen molar-refractivity contribution in [3.63, 3.8) is 0 Å². The number of nitrogens with one attached hydrogen (secondary N) is 1. The predicted molar refractivity (Wildman–Crippen MR) is 77.3 cm³/mol. The lowest BCUT2D eigenvalue weighted by Crippen LogP contribution is -2.42. The van der Waals surface area contributed by atoms with Crippen molar-refractivity contribution in [2.24, 2.45) is 0 Å². The zero-order chi connectivity index (χ0) is 13.1. The summed E-state index contributed by atoms with van der Waals surface area (Å²) in [5, 5.41) is 3.65. The molecule has 1 aromatic rings. The summed E-state index contributed by atoms with van der Waals surface area (Å²) in [7, 11) is 6.34. The molecule has 0 aliphatic carbocycles. The van der Waals surface area contributed by atoms with E-state index in [0.29, 0.717) is 12.1 Å². The number of anilines is 2. The van der Waals surface area contributed by atoms with Crippen LogP contribution in [0.4, 0.5) is 11.4 Å². The van der Waals surface area contributed by atoms with E-state index in [4.69, 9.17) is 0 Å². The second-order valence-corrected chi connectivity index (χ2v) is 5.48. The highest BCUT2D eigenvalue weighted by atomic mass is 15.2. The Morgan fingerprint density at radius 2 is 2.22 bits per heavy atom. The van der Waals surface area contributed by atoms with Crippen molar-refractivity contribution in [1.29, 1.82) is 0 Å². The molecule has 1 aliphatic rings. The van der Waals surface area contributed by atoms with Crippen LogP contribution >= 0.6 is 0 Å². The minimum atomic E-state index is 0.555. The minimum Gasteiger partial charge on any atom is -0.379 e. The number of hydrogen-bond donors (Lipinski definition) is 1. The number of hydrogen-bond acceptors (Lipinski definition) is 4. The largest absolute Gasteiger partial charge is 0.379 e. The molecule has 4 nitrogen and oxygen atoms in total. The number of rotatable bonds is 3. The van der Waals surface area contributed by atoms with Gasteiger partial charge < -0.3 is 15.1 Å². The Morgan fingerprint density at radius 3 is 2.89 bits per heavy atom. The van der Waals surface area contributed by atoms with Crippen LogP contribution in [-0.4, -0.2) is 49.7 Å². The number of aromatic nitrogens is 1. The van der Waals surface area contributed by atoms with Gasteiger partial charge in [0.25, 0.3) is 0 Å². The van der Waals surface area contributed by atoms with Gasteiger partial charge in [0.05, 0.1) is 17.6 Å². The molecule has 0 bridgehead atoms. The van der Waals surface area contributed by atoms with Crippen LogP contribution in [-0.2, 0) is 0 Å². The monoisotopic (exact) mass is 248 g/mol. The van der Waals surface area contributed by atoms with E-state index in [0.717, 1.165) is 12.2 Å². The van der Waals surface area contributed by atoms with Crippen LogP contribution in [0.1, 0.15) is 19.8 Å². The number of piperidine rings is 1. The highest BCUT2D eigenvalue weighted by molar-refractivity contribution is 5.68. The van der Waals surface area contributed by atoms with E-state index in [-0.39, 0.29) is 0 Å². The van der Waals surface area contributed by atoms with Crippen molar-refractivity contribution in [3.05, 3.63) is 18.5 Å². The van der Waals surface area contributed by atoms with Crippen LogP contribution in [0.3, 0.4) is 0 Å². The zero-order valence-corrected chi connectivity index (χ0v) is 11.8. The van der Waals surface area contributed by atoms with Gasteiger partial charge in [0.15, 0.2) is 0 Å². The van der Waals surface area contributed by atoms with Gasteiger partial charge in [-0.05, 0) is 32.9 Å². The van der Waals surface area contributed by atoms with Gasteiger partial charge >= 0.3 is 0 Å². The maximum Gasteiger partial charge on any atom is 0.0766 e. The summed E-state index contributed by atoms with van der Waals surface area (Å²) in [6.45, 7) is 3.46. The Labute approximate surface area is 110 Å².